The summed E-state index contributed by atoms with van der Waals surface area (Å²) in [6.45, 7) is 5.47. The average molecular weight is 299 g/mol. The number of ether oxygens (including phenoxy) is 3. The number of carboxylic acids is 1. The van der Waals surface area contributed by atoms with Gasteiger partial charge in [0.1, 0.15) is 6.61 Å². The van der Waals surface area contributed by atoms with Crippen LogP contribution in [0.1, 0.15) is 19.3 Å². The van der Waals surface area contributed by atoms with Crippen LogP contribution in [0.2, 0.25) is 0 Å². The minimum Gasteiger partial charge on any atom is -0.481 e. The molecule has 2 aliphatic rings. The summed E-state index contributed by atoms with van der Waals surface area (Å²) < 4.78 is 16.4. The lowest BCUT2D eigenvalue weighted by atomic mass is 9.91. The van der Waals surface area contributed by atoms with Gasteiger partial charge in [0, 0.05) is 13.1 Å². The van der Waals surface area contributed by atoms with Gasteiger partial charge in [0.05, 0.1) is 31.3 Å². The summed E-state index contributed by atoms with van der Waals surface area (Å²) in [5.41, 5.74) is -0.479. The van der Waals surface area contributed by atoms with Crippen LogP contribution in [0.5, 0.6) is 0 Å². The maximum Gasteiger partial charge on any atom is 0.410 e. The minimum atomic E-state index is -0.897. The van der Waals surface area contributed by atoms with E-state index in [1.54, 1.807) is 4.90 Å². The Morgan fingerprint density at radius 2 is 2.14 bits per heavy atom. The molecule has 0 aromatic carbocycles. The Hall–Kier alpha value is -1.60. The Kier molecular flexibility index (Phi) is 5.19. The third kappa shape index (κ3) is 4.18. The lowest BCUT2D eigenvalue weighted by Crippen LogP contribution is -2.55. The molecule has 1 atom stereocenters. The second kappa shape index (κ2) is 6.91. The molecule has 0 aromatic rings. The predicted octanol–water partition coefficient (Wildman–Crippen LogP) is 1.03. The summed E-state index contributed by atoms with van der Waals surface area (Å²) in [5.74, 6) is -0.897. The molecule has 21 heavy (non-hydrogen) atoms. The molecule has 2 rings (SSSR count). The summed E-state index contributed by atoms with van der Waals surface area (Å²) in [5, 5.41) is 8.84. The molecular weight excluding hydrogens is 278 g/mol. The minimum absolute atomic E-state index is 0.0627. The van der Waals surface area contributed by atoms with Gasteiger partial charge in [0.25, 0.3) is 0 Å². The van der Waals surface area contributed by atoms with Gasteiger partial charge >= 0.3 is 12.1 Å². The van der Waals surface area contributed by atoms with Crippen LogP contribution < -0.4 is 0 Å². The highest BCUT2D eigenvalue weighted by molar-refractivity contribution is 5.68. The van der Waals surface area contributed by atoms with Crippen LogP contribution in [-0.2, 0) is 19.0 Å². The first-order valence-corrected chi connectivity index (χ1v) is 7.05. The highest BCUT2D eigenvalue weighted by atomic mass is 16.6. The van der Waals surface area contributed by atoms with Crippen molar-refractivity contribution in [1.82, 2.24) is 4.90 Å². The van der Waals surface area contributed by atoms with Crippen LogP contribution in [0, 0.1) is 0 Å². The molecule has 7 nitrogen and oxygen atoms in total. The summed E-state index contributed by atoms with van der Waals surface area (Å²) in [6.07, 6.45) is 1.92. The van der Waals surface area contributed by atoms with Crippen molar-refractivity contribution in [3.8, 4) is 0 Å². The van der Waals surface area contributed by atoms with Gasteiger partial charge in [-0.3, -0.25) is 4.79 Å². The van der Waals surface area contributed by atoms with Crippen molar-refractivity contribution < 1.29 is 28.9 Å². The molecule has 2 heterocycles. The first-order valence-electron chi connectivity index (χ1n) is 7.05. The largest absolute Gasteiger partial charge is 0.481 e. The van der Waals surface area contributed by atoms with Crippen molar-refractivity contribution >= 4 is 12.1 Å². The number of nitrogens with zero attached hydrogens (tertiary/aromatic N) is 1. The van der Waals surface area contributed by atoms with E-state index in [-0.39, 0.29) is 19.1 Å². The predicted molar refractivity (Wildman–Crippen MR) is 73.0 cm³/mol. The quantitative estimate of drug-likeness (QED) is 0.781. The monoisotopic (exact) mass is 299 g/mol. The number of carbonyl (C=O) groups excluding carboxylic acids is 1. The number of hydrogen-bond acceptors (Lipinski definition) is 5. The molecule has 0 saturated carbocycles. The van der Waals surface area contributed by atoms with Crippen molar-refractivity contribution in [3.05, 3.63) is 12.7 Å². The molecule has 0 aliphatic carbocycles. The number of hydrogen-bond donors (Lipinski definition) is 1. The number of piperidine rings is 1. The molecule has 0 aromatic heterocycles. The Bertz CT molecular complexity index is 402. The standard InChI is InChI=1S/C14H21NO6/c1-2-7-20-13(18)15-5-3-14(4-6-15)10-19-9-11(21-14)8-12(16)17/h2,11H,1,3-10H2,(H,16,17). The number of aliphatic carboxylic acids is 1. The van der Waals surface area contributed by atoms with Crippen molar-refractivity contribution in [1.29, 1.82) is 0 Å². The molecule has 2 saturated heterocycles. The van der Waals surface area contributed by atoms with Gasteiger partial charge in [-0.1, -0.05) is 12.7 Å². The number of carbonyl (C=O) groups is 2. The highest BCUT2D eigenvalue weighted by Crippen LogP contribution is 2.32. The number of carboxylic acid groups (broad SMARTS) is 1. The number of likely N-dealkylation sites (tertiary alicyclic amines) is 1. The molecule has 1 N–H and O–H groups in total. The number of rotatable bonds is 4. The second-order valence-corrected chi connectivity index (χ2v) is 5.39. The zero-order valence-electron chi connectivity index (χ0n) is 12.0. The molecular formula is C14H21NO6. The summed E-state index contributed by atoms with van der Waals surface area (Å²) in [7, 11) is 0. The zero-order chi connectivity index (χ0) is 15.3. The van der Waals surface area contributed by atoms with Crippen LogP contribution >= 0.6 is 0 Å². The molecule has 1 amide bonds. The van der Waals surface area contributed by atoms with E-state index in [4.69, 9.17) is 19.3 Å². The maximum absolute atomic E-state index is 11.7. The lowest BCUT2D eigenvalue weighted by Gasteiger charge is -2.45. The highest BCUT2D eigenvalue weighted by Gasteiger charge is 2.42. The van der Waals surface area contributed by atoms with E-state index in [0.29, 0.717) is 39.1 Å². The van der Waals surface area contributed by atoms with Gasteiger partial charge < -0.3 is 24.2 Å². The summed E-state index contributed by atoms with van der Waals surface area (Å²) in [4.78, 5) is 24.1. The third-order valence-electron chi connectivity index (χ3n) is 3.75. The van der Waals surface area contributed by atoms with E-state index in [9.17, 15) is 9.59 Å². The van der Waals surface area contributed by atoms with E-state index in [1.807, 2.05) is 0 Å². The van der Waals surface area contributed by atoms with E-state index >= 15 is 0 Å². The molecule has 2 aliphatic heterocycles. The normalized spacial score (nSPS) is 24.6. The van der Waals surface area contributed by atoms with Crippen LogP contribution in [0.15, 0.2) is 12.7 Å². The van der Waals surface area contributed by atoms with Crippen molar-refractivity contribution in [3.63, 3.8) is 0 Å². The average Bonchev–Trinajstić information content (AvgIpc) is 2.45. The van der Waals surface area contributed by atoms with Gasteiger partial charge in [-0.25, -0.2) is 4.79 Å². The third-order valence-corrected chi connectivity index (χ3v) is 3.75. The summed E-state index contributed by atoms with van der Waals surface area (Å²) >= 11 is 0. The first-order chi connectivity index (χ1) is 10.0. The topological polar surface area (TPSA) is 85.3 Å². The van der Waals surface area contributed by atoms with E-state index in [0.717, 1.165) is 0 Å². The molecule has 0 bridgehead atoms. The molecule has 1 unspecified atom stereocenters. The van der Waals surface area contributed by atoms with Gasteiger partial charge in [-0.2, -0.15) is 0 Å². The van der Waals surface area contributed by atoms with E-state index < -0.39 is 17.7 Å². The van der Waals surface area contributed by atoms with Crippen LogP contribution in [0.3, 0.4) is 0 Å². The van der Waals surface area contributed by atoms with E-state index in [2.05, 4.69) is 6.58 Å². The second-order valence-electron chi connectivity index (χ2n) is 5.39. The van der Waals surface area contributed by atoms with Gasteiger partial charge in [0.2, 0.25) is 0 Å². The van der Waals surface area contributed by atoms with Crippen LogP contribution in [-0.4, -0.2) is 66.7 Å². The first kappa shape index (κ1) is 15.8. The van der Waals surface area contributed by atoms with Gasteiger partial charge in [-0.15, -0.1) is 0 Å². The molecule has 0 radical (unpaired) electrons. The Labute approximate surface area is 123 Å². The smallest absolute Gasteiger partial charge is 0.410 e. The van der Waals surface area contributed by atoms with Gasteiger partial charge in [-0.05, 0) is 12.8 Å². The molecule has 1 spiro atoms. The number of amides is 1. The van der Waals surface area contributed by atoms with Gasteiger partial charge in [0.15, 0.2) is 0 Å². The fourth-order valence-corrected chi connectivity index (χ4v) is 2.67. The van der Waals surface area contributed by atoms with Crippen molar-refractivity contribution in [2.75, 3.05) is 32.9 Å². The summed E-state index contributed by atoms with van der Waals surface area (Å²) in [6, 6.07) is 0. The fourth-order valence-electron chi connectivity index (χ4n) is 2.67. The van der Waals surface area contributed by atoms with Crippen molar-refractivity contribution in [2.24, 2.45) is 0 Å². The Balaban J connectivity index is 1.85. The van der Waals surface area contributed by atoms with Crippen molar-refractivity contribution in [2.45, 2.75) is 31.0 Å². The molecule has 2 fully saturated rings. The van der Waals surface area contributed by atoms with E-state index in [1.165, 1.54) is 6.08 Å². The van der Waals surface area contributed by atoms with Crippen LogP contribution in [0.4, 0.5) is 4.79 Å². The Morgan fingerprint density at radius 1 is 1.43 bits per heavy atom. The van der Waals surface area contributed by atoms with Crippen LogP contribution in [0.25, 0.3) is 0 Å². The SMILES string of the molecule is C=CCOC(=O)N1CCC2(CC1)COCC(CC(=O)O)O2. The fraction of sp³-hybridized carbons (Fsp3) is 0.714. The lowest BCUT2D eigenvalue weighted by molar-refractivity contribution is -0.216. The molecule has 118 valence electrons. The molecule has 7 heteroatoms. The Morgan fingerprint density at radius 3 is 2.76 bits per heavy atom. The maximum atomic E-state index is 11.7. The zero-order valence-corrected chi connectivity index (χ0v) is 12.0.